The Bertz CT molecular complexity index is 1140. The molecule has 153 valence electrons. The van der Waals surface area contributed by atoms with E-state index in [4.69, 9.17) is 23.8 Å². The number of methoxy groups -OCH3 is 1. The van der Waals surface area contributed by atoms with Crippen LogP contribution in [-0.2, 0) is 4.74 Å². The first kappa shape index (κ1) is 20.7. The molecule has 1 radical (unpaired) electrons. The van der Waals surface area contributed by atoms with Gasteiger partial charge in [0.15, 0.2) is 0 Å². The molecule has 1 amide bonds. The second-order valence-corrected chi connectivity index (χ2v) is 7.53. The third-order valence-corrected chi connectivity index (χ3v) is 5.64. The fourth-order valence-electron chi connectivity index (χ4n) is 3.70. The Labute approximate surface area is 178 Å². The molecule has 2 atom stereocenters. The van der Waals surface area contributed by atoms with E-state index in [1.165, 1.54) is 34.6 Å². The van der Waals surface area contributed by atoms with Gasteiger partial charge in [0.05, 0.1) is 6.10 Å². The molecule has 2 unspecified atom stereocenters. The van der Waals surface area contributed by atoms with Crippen molar-refractivity contribution in [2.24, 2.45) is 0 Å². The van der Waals surface area contributed by atoms with E-state index in [1.807, 2.05) is 0 Å². The number of alkyl halides is 1. The molecule has 5 nitrogen and oxygen atoms in total. The van der Waals surface area contributed by atoms with E-state index in [9.17, 15) is 13.6 Å². The van der Waals surface area contributed by atoms with E-state index in [0.29, 0.717) is 34.9 Å². The summed E-state index contributed by atoms with van der Waals surface area (Å²) in [7, 11) is 7.05. The average molecular weight is 429 g/mol. The molecule has 1 saturated heterocycles. The van der Waals surface area contributed by atoms with Crippen LogP contribution >= 0.6 is 11.6 Å². The fourth-order valence-corrected chi connectivity index (χ4v) is 3.95. The number of carbonyl (C=O) groups is 1. The van der Waals surface area contributed by atoms with Crippen LogP contribution in [0, 0.1) is 5.82 Å². The van der Waals surface area contributed by atoms with Crippen LogP contribution in [0.3, 0.4) is 0 Å². The first-order valence-electron chi connectivity index (χ1n) is 9.42. The number of rotatable bonds is 4. The van der Waals surface area contributed by atoms with Gasteiger partial charge in [0.25, 0.3) is 0 Å². The normalized spacial score (nSPS) is 19.2. The number of benzene rings is 1. The number of aromatic nitrogens is 2. The van der Waals surface area contributed by atoms with Gasteiger partial charge >= 0.3 is 143 Å². The number of carbonyl (C=O) groups excluding carboxylic acids is 1. The Kier molecular flexibility index (Phi) is 5.71. The fraction of sp³-hybridized carbons (Fsp3) is 0.286. The molecular formula is C21H18BClF2N3O2. The quantitative estimate of drug-likeness (QED) is 0.599. The molecule has 0 aliphatic carbocycles. The Morgan fingerprint density at radius 2 is 2.13 bits per heavy atom. The van der Waals surface area contributed by atoms with Gasteiger partial charge in [-0.3, -0.25) is 0 Å². The number of nitrogens with zero attached hydrogens (tertiary/aromatic N) is 3. The van der Waals surface area contributed by atoms with Gasteiger partial charge in [-0.1, -0.05) is 0 Å². The van der Waals surface area contributed by atoms with Gasteiger partial charge in [0, 0.05) is 7.11 Å². The van der Waals surface area contributed by atoms with Crippen LogP contribution in [0.4, 0.5) is 8.78 Å². The molecule has 0 N–H and O–H groups in total. The first-order valence-corrected chi connectivity index (χ1v) is 9.80. The summed E-state index contributed by atoms with van der Waals surface area (Å²) in [6, 6.07) is 9.18. The molecule has 3 aromatic rings. The maximum atomic E-state index is 14.9. The van der Waals surface area contributed by atoms with Crippen molar-refractivity contribution in [1.82, 2.24) is 14.5 Å². The molecule has 0 bridgehead atoms. The predicted octanol–water partition coefficient (Wildman–Crippen LogP) is 3.31. The molecule has 0 saturated carbocycles. The zero-order valence-electron chi connectivity index (χ0n) is 16.2. The Balaban J connectivity index is 1.61. The molecule has 3 heterocycles. The molecule has 1 aliphatic rings. The number of halogens is 3. The van der Waals surface area contributed by atoms with E-state index in [-0.39, 0.29) is 17.7 Å². The number of likely N-dealkylation sites (tertiary alicyclic amines) is 1. The average Bonchev–Trinajstić information content (AvgIpc) is 3.08. The molecule has 30 heavy (non-hydrogen) atoms. The van der Waals surface area contributed by atoms with Crippen molar-refractivity contribution in [3.8, 4) is 11.3 Å². The second-order valence-electron chi connectivity index (χ2n) is 7.12. The van der Waals surface area contributed by atoms with Crippen LogP contribution in [-0.4, -0.2) is 66.4 Å². The predicted molar refractivity (Wildman–Crippen MR) is 113 cm³/mol. The third-order valence-electron chi connectivity index (χ3n) is 5.33. The van der Waals surface area contributed by atoms with Crippen LogP contribution < -0.4 is 0 Å². The van der Waals surface area contributed by atoms with E-state index in [1.54, 1.807) is 18.2 Å². The summed E-state index contributed by atoms with van der Waals surface area (Å²) in [5.41, 5.74) is 1.95. The second kappa shape index (κ2) is 8.28. The Morgan fingerprint density at radius 1 is 1.33 bits per heavy atom. The summed E-state index contributed by atoms with van der Waals surface area (Å²) in [5, 5.41) is 4.89. The molecule has 1 aromatic carbocycles. The van der Waals surface area contributed by atoms with Gasteiger partial charge in [-0.2, -0.15) is 0 Å². The zero-order valence-corrected chi connectivity index (χ0v) is 16.9. The number of hydrogen-bond acceptors (Lipinski definition) is 3. The maximum absolute atomic E-state index is 14.9. The summed E-state index contributed by atoms with van der Waals surface area (Å²) in [5.74, 6) is 0.338. The third kappa shape index (κ3) is 3.65. The molecule has 4 rings (SSSR count). The van der Waals surface area contributed by atoms with Crippen molar-refractivity contribution in [1.29, 1.82) is 0 Å². The van der Waals surface area contributed by atoms with Gasteiger partial charge < -0.3 is 4.74 Å². The van der Waals surface area contributed by atoms with E-state index in [2.05, 4.69) is 5.10 Å². The van der Waals surface area contributed by atoms with Crippen molar-refractivity contribution >= 4 is 36.5 Å². The van der Waals surface area contributed by atoms with Crippen molar-refractivity contribution in [3.63, 3.8) is 0 Å². The summed E-state index contributed by atoms with van der Waals surface area (Å²) in [4.78, 5) is 14.1. The van der Waals surface area contributed by atoms with E-state index in [0.717, 1.165) is 6.07 Å². The van der Waals surface area contributed by atoms with Crippen molar-refractivity contribution in [2.45, 2.75) is 18.7 Å². The number of hydrogen-bond donors (Lipinski definition) is 0. The number of amides is 1. The van der Waals surface area contributed by atoms with Crippen LogP contribution in [0.25, 0.3) is 16.8 Å². The first-order chi connectivity index (χ1) is 14.4. The van der Waals surface area contributed by atoms with Crippen molar-refractivity contribution in [2.75, 3.05) is 20.2 Å². The minimum atomic E-state index is -1.27. The van der Waals surface area contributed by atoms with Crippen molar-refractivity contribution in [3.05, 3.63) is 58.5 Å². The molecule has 1 aliphatic heterocycles. The summed E-state index contributed by atoms with van der Waals surface area (Å²) < 4.78 is 35.6. The Hall–Kier alpha value is -2.58. The van der Waals surface area contributed by atoms with E-state index >= 15 is 0 Å². The van der Waals surface area contributed by atoms with Gasteiger partial charge in [0.2, 0.25) is 0 Å². The van der Waals surface area contributed by atoms with Gasteiger partial charge in [-0.25, -0.2) is 4.39 Å². The molecule has 9 heteroatoms. The topological polar surface area (TPSA) is 46.8 Å². The van der Waals surface area contributed by atoms with Gasteiger partial charge in [0.1, 0.15) is 6.17 Å². The monoisotopic (exact) mass is 428 g/mol. The minimum absolute atomic E-state index is 0.0777. The number of fused-ring (bicyclic) bond motifs is 1. The SMILES string of the molecule is [B]=Cc1cc(Cl)c2ccc(-c3ccc(C(=O)N4CCC(OC)C(F)C4)cc3F)nn12. The molecule has 2 aromatic heterocycles. The van der Waals surface area contributed by atoms with Crippen molar-refractivity contribution < 1.29 is 18.3 Å². The van der Waals surface area contributed by atoms with Gasteiger partial charge in [-0.05, 0) is 6.42 Å². The van der Waals surface area contributed by atoms with Crippen LogP contribution in [0.5, 0.6) is 0 Å². The summed E-state index contributed by atoms with van der Waals surface area (Å²) >= 11 is 6.16. The summed E-state index contributed by atoms with van der Waals surface area (Å²) in [6.45, 7) is 0.276. The molecular weight excluding hydrogens is 411 g/mol. The summed E-state index contributed by atoms with van der Waals surface area (Å²) in [6.07, 6.45) is -1.39. The van der Waals surface area contributed by atoms with E-state index < -0.39 is 24.0 Å². The van der Waals surface area contributed by atoms with Crippen LogP contribution in [0.1, 0.15) is 22.5 Å². The molecule has 0 spiro atoms. The number of piperidine rings is 1. The standard InChI is InChI=1S/C21H18BClF2N3O2/c1-30-20-6-7-27(11-17(20)25)21(29)12-2-3-14(16(24)8-12)18-4-5-19-15(23)9-13(10-22)28(19)26-18/h2-5,8-10,17,20H,6-7,11H2,1H3. The molecule has 1 fully saturated rings. The number of ether oxygens (including phenoxy) is 1. The van der Waals surface area contributed by atoms with Crippen LogP contribution in [0.15, 0.2) is 36.4 Å². The zero-order chi connectivity index (χ0) is 21.4. The van der Waals surface area contributed by atoms with Crippen LogP contribution in [0.2, 0.25) is 5.02 Å². The Morgan fingerprint density at radius 3 is 2.80 bits per heavy atom. The van der Waals surface area contributed by atoms with Gasteiger partial charge in [-0.15, -0.1) is 0 Å².